The van der Waals surface area contributed by atoms with Crippen molar-refractivity contribution in [2.75, 3.05) is 13.6 Å². The molecule has 4 heteroatoms. The molecule has 3 nitrogen and oxygen atoms in total. The maximum atomic E-state index is 13.7. The summed E-state index contributed by atoms with van der Waals surface area (Å²) in [5.74, 6) is 0.476. The van der Waals surface area contributed by atoms with Gasteiger partial charge in [0.05, 0.1) is 0 Å². The lowest BCUT2D eigenvalue weighted by Crippen LogP contribution is -2.14. The highest BCUT2D eigenvalue weighted by Crippen LogP contribution is 2.15. The van der Waals surface area contributed by atoms with E-state index in [1.54, 1.807) is 12.1 Å². The predicted octanol–water partition coefficient (Wildman–Crippen LogP) is 2.59. The van der Waals surface area contributed by atoms with Crippen LogP contribution in [0.1, 0.15) is 28.3 Å². The molecule has 1 aromatic heterocycles. The standard InChI is InChI=1S/C16H20FN3/c1-11-14(8-9-18-3)12(2)20-16(19-11)10-13-6-4-5-7-15(13)17/h4-7,18H,8-10H2,1-3H3. The number of likely N-dealkylation sites (N-methyl/N-ethyl adjacent to an activating group) is 1. The van der Waals surface area contributed by atoms with Gasteiger partial charge in [-0.25, -0.2) is 14.4 Å². The van der Waals surface area contributed by atoms with Crippen molar-refractivity contribution in [1.82, 2.24) is 15.3 Å². The normalized spacial score (nSPS) is 10.8. The topological polar surface area (TPSA) is 37.8 Å². The third kappa shape index (κ3) is 3.39. The summed E-state index contributed by atoms with van der Waals surface area (Å²) in [5, 5.41) is 3.13. The van der Waals surface area contributed by atoms with E-state index in [0.717, 1.165) is 24.4 Å². The van der Waals surface area contributed by atoms with Crippen molar-refractivity contribution >= 4 is 0 Å². The first-order valence-electron chi connectivity index (χ1n) is 6.82. The second-order valence-electron chi connectivity index (χ2n) is 4.91. The van der Waals surface area contributed by atoms with Gasteiger partial charge in [-0.2, -0.15) is 0 Å². The number of benzene rings is 1. The number of aromatic nitrogens is 2. The Kier molecular flexibility index (Phi) is 4.79. The Labute approximate surface area is 119 Å². The van der Waals surface area contributed by atoms with Crippen LogP contribution in [0.15, 0.2) is 24.3 Å². The Morgan fingerprint density at radius 3 is 2.35 bits per heavy atom. The fourth-order valence-corrected chi connectivity index (χ4v) is 2.31. The molecule has 0 amide bonds. The first kappa shape index (κ1) is 14.6. The molecule has 0 atom stereocenters. The predicted molar refractivity (Wildman–Crippen MR) is 78.3 cm³/mol. The number of aryl methyl sites for hydroxylation is 2. The molecule has 1 N–H and O–H groups in total. The summed E-state index contributed by atoms with van der Waals surface area (Å²) in [6.45, 7) is 4.88. The number of nitrogens with one attached hydrogen (secondary N) is 1. The van der Waals surface area contributed by atoms with E-state index in [1.807, 2.05) is 27.0 Å². The fraction of sp³-hybridized carbons (Fsp3) is 0.375. The molecule has 0 aliphatic carbocycles. The van der Waals surface area contributed by atoms with Crippen LogP contribution in [0.4, 0.5) is 4.39 Å². The van der Waals surface area contributed by atoms with Crippen molar-refractivity contribution < 1.29 is 4.39 Å². The van der Waals surface area contributed by atoms with Crippen LogP contribution >= 0.6 is 0 Å². The summed E-state index contributed by atoms with van der Waals surface area (Å²) in [7, 11) is 1.93. The Balaban J connectivity index is 2.24. The highest BCUT2D eigenvalue weighted by atomic mass is 19.1. The first-order valence-corrected chi connectivity index (χ1v) is 6.82. The lowest BCUT2D eigenvalue weighted by atomic mass is 10.1. The van der Waals surface area contributed by atoms with E-state index in [9.17, 15) is 4.39 Å². The summed E-state index contributed by atoms with van der Waals surface area (Å²) in [4.78, 5) is 9.04. The van der Waals surface area contributed by atoms with Crippen molar-refractivity contribution in [3.05, 3.63) is 58.4 Å². The van der Waals surface area contributed by atoms with E-state index in [-0.39, 0.29) is 5.82 Å². The Morgan fingerprint density at radius 2 is 1.75 bits per heavy atom. The van der Waals surface area contributed by atoms with E-state index in [2.05, 4.69) is 15.3 Å². The molecule has 1 heterocycles. The van der Waals surface area contributed by atoms with Gasteiger partial charge < -0.3 is 5.32 Å². The quantitative estimate of drug-likeness (QED) is 0.910. The van der Waals surface area contributed by atoms with Gasteiger partial charge in [0.25, 0.3) is 0 Å². The zero-order valence-electron chi connectivity index (χ0n) is 12.2. The molecule has 2 aromatic rings. The number of rotatable bonds is 5. The van der Waals surface area contributed by atoms with Crippen LogP contribution < -0.4 is 5.32 Å². The summed E-state index contributed by atoms with van der Waals surface area (Å²) >= 11 is 0. The number of hydrogen-bond donors (Lipinski definition) is 1. The fourth-order valence-electron chi connectivity index (χ4n) is 2.31. The molecule has 0 fully saturated rings. The Bertz CT molecular complexity index is 573. The van der Waals surface area contributed by atoms with Crippen molar-refractivity contribution in [3.63, 3.8) is 0 Å². The zero-order valence-corrected chi connectivity index (χ0v) is 12.2. The average molecular weight is 273 g/mol. The number of hydrogen-bond acceptors (Lipinski definition) is 3. The van der Waals surface area contributed by atoms with E-state index in [1.165, 1.54) is 11.6 Å². The molecule has 20 heavy (non-hydrogen) atoms. The van der Waals surface area contributed by atoms with E-state index in [4.69, 9.17) is 0 Å². The first-order chi connectivity index (χ1) is 9.61. The van der Waals surface area contributed by atoms with Gasteiger partial charge in [-0.05, 0) is 51.1 Å². The van der Waals surface area contributed by atoms with Crippen LogP contribution in [0, 0.1) is 19.7 Å². The summed E-state index contributed by atoms with van der Waals surface area (Å²) in [5.41, 5.74) is 3.78. The second kappa shape index (κ2) is 6.57. The summed E-state index contributed by atoms with van der Waals surface area (Å²) < 4.78 is 13.7. The SMILES string of the molecule is CNCCc1c(C)nc(Cc2ccccc2F)nc1C. The molecule has 2 rings (SSSR count). The summed E-state index contributed by atoms with van der Waals surface area (Å²) in [6.07, 6.45) is 1.34. The molecule has 0 spiro atoms. The minimum atomic E-state index is -0.203. The van der Waals surface area contributed by atoms with Gasteiger partial charge in [-0.15, -0.1) is 0 Å². The summed E-state index contributed by atoms with van der Waals surface area (Å²) in [6, 6.07) is 6.77. The van der Waals surface area contributed by atoms with Gasteiger partial charge in [0, 0.05) is 17.8 Å². The van der Waals surface area contributed by atoms with E-state index < -0.39 is 0 Å². The second-order valence-corrected chi connectivity index (χ2v) is 4.91. The molecular weight excluding hydrogens is 253 g/mol. The van der Waals surface area contributed by atoms with Crippen molar-refractivity contribution in [2.45, 2.75) is 26.7 Å². The molecule has 106 valence electrons. The molecule has 0 saturated heterocycles. The minimum Gasteiger partial charge on any atom is -0.319 e. The Morgan fingerprint density at radius 1 is 1.10 bits per heavy atom. The van der Waals surface area contributed by atoms with Crippen LogP contribution in [-0.2, 0) is 12.8 Å². The van der Waals surface area contributed by atoms with Crippen LogP contribution in [0.25, 0.3) is 0 Å². The zero-order chi connectivity index (χ0) is 14.5. The molecule has 0 bridgehead atoms. The highest BCUT2D eigenvalue weighted by molar-refractivity contribution is 5.27. The van der Waals surface area contributed by atoms with Gasteiger partial charge in [0.15, 0.2) is 0 Å². The lowest BCUT2D eigenvalue weighted by Gasteiger charge is -2.11. The van der Waals surface area contributed by atoms with Crippen molar-refractivity contribution in [1.29, 1.82) is 0 Å². The smallest absolute Gasteiger partial charge is 0.133 e. The van der Waals surface area contributed by atoms with Crippen LogP contribution in [0.2, 0.25) is 0 Å². The van der Waals surface area contributed by atoms with Crippen LogP contribution in [-0.4, -0.2) is 23.6 Å². The number of halogens is 1. The maximum absolute atomic E-state index is 13.7. The van der Waals surface area contributed by atoms with Crippen LogP contribution in [0.3, 0.4) is 0 Å². The third-order valence-corrected chi connectivity index (χ3v) is 3.40. The molecule has 0 aliphatic heterocycles. The molecule has 1 aromatic carbocycles. The van der Waals surface area contributed by atoms with Gasteiger partial charge in [0.1, 0.15) is 11.6 Å². The van der Waals surface area contributed by atoms with E-state index in [0.29, 0.717) is 17.8 Å². The molecule has 0 aliphatic rings. The maximum Gasteiger partial charge on any atom is 0.133 e. The van der Waals surface area contributed by atoms with Gasteiger partial charge in [-0.3, -0.25) is 0 Å². The van der Waals surface area contributed by atoms with Crippen molar-refractivity contribution in [3.8, 4) is 0 Å². The van der Waals surface area contributed by atoms with Gasteiger partial charge in [-0.1, -0.05) is 18.2 Å². The molecular formula is C16H20FN3. The monoisotopic (exact) mass is 273 g/mol. The number of nitrogens with zero attached hydrogens (tertiary/aromatic N) is 2. The highest BCUT2D eigenvalue weighted by Gasteiger charge is 2.10. The largest absolute Gasteiger partial charge is 0.319 e. The average Bonchev–Trinajstić information content (AvgIpc) is 2.41. The Hall–Kier alpha value is -1.81. The van der Waals surface area contributed by atoms with Gasteiger partial charge in [0.2, 0.25) is 0 Å². The lowest BCUT2D eigenvalue weighted by molar-refractivity contribution is 0.611. The van der Waals surface area contributed by atoms with Gasteiger partial charge >= 0.3 is 0 Å². The minimum absolute atomic E-state index is 0.203. The third-order valence-electron chi connectivity index (χ3n) is 3.40. The molecule has 0 saturated carbocycles. The van der Waals surface area contributed by atoms with Crippen LogP contribution in [0.5, 0.6) is 0 Å². The van der Waals surface area contributed by atoms with E-state index >= 15 is 0 Å². The molecule has 0 radical (unpaired) electrons. The molecule has 0 unspecified atom stereocenters. The van der Waals surface area contributed by atoms with Crippen molar-refractivity contribution in [2.24, 2.45) is 0 Å².